The summed E-state index contributed by atoms with van der Waals surface area (Å²) in [6.45, 7) is 2.37. The minimum absolute atomic E-state index is 0.0776. The molecule has 0 saturated carbocycles. The van der Waals surface area contributed by atoms with Crippen LogP contribution in [0.5, 0.6) is 0 Å². The lowest BCUT2D eigenvalue weighted by atomic mass is 9.92. The molecule has 1 atom stereocenters. The minimum atomic E-state index is -0.0776. The molecule has 0 bridgehead atoms. The van der Waals surface area contributed by atoms with E-state index in [4.69, 9.17) is 0 Å². The van der Waals surface area contributed by atoms with Crippen molar-refractivity contribution in [1.82, 2.24) is 15.2 Å². The molecule has 0 spiro atoms. The molecule has 152 valence electrons. The molecular weight excluding hydrogens is 362 g/mol. The van der Waals surface area contributed by atoms with Gasteiger partial charge < -0.3 is 10.2 Å². The molecule has 1 saturated heterocycles. The standard InChI is InChI=1S/C24H29N3O2/c28-23(14-13-20-9-6-15-25-18-20)26-16-5-4-8-21-10-7-17-27(19-21)24(29)22-11-2-1-3-12-22/h1-3,6,9,11-15,18,21H,4-5,7-8,10,16-17,19H2,(H,26,28). The van der Waals surface area contributed by atoms with Crippen molar-refractivity contribution in [2.45, 2.75) is 32.1 Å². The van der Waals surface area contributed by atoms with Gasteiger partial charge in [-0.1, -0.05) is 30.7 Å². The molecular formula is C24H29N3O2. The van der Waals surface area contributed by atoms with E-state index in [9.17, 15) is 9.59 Å². The molecule has 1 N–H and O–H groups in total. The summed E-state index contributed by atoms with van der Waals surface area (Å²) in [7, 11) is 0. The Hall–Kier alpha value is -2.95. The second-order valence-corrected chi connectivity index (χ2v) is 7.53. The molecule has 1 aliphatic rings. The number of likely N-dealkylation sites (tertiary alicyclic amines) is 1. The highest BCUT2D eigenvalue weighted by atomic mass is 16.2. The van der Waals surface area contributed by atoms with Gasteiger partial charge in [0.2, 0.25) is 5.91 Å². The van der Waals surface area contributed by atoms with Crippen LogP contribution in [0.2, 0.25) is 0 Å². The number of hydrogen-bond acceptors (Lipinski definition) is 3. The zero-order valence-corrected chi connectivity index (χ0v) is 16.8. The second kappa shape index (κ2) is 11.1. The van der Waals surface area contributed by atoms with Crippen molar-refractivity contribution in [1.29, 1.82) is 0 Å². The molecule has 1 aromatic carbocycles. The second-order valence-electron chi connectivity index (χ2n) is 7.53. The molecule has 1 unspecified atom stereocenters. The highest BCUT2D eigenvalue weighted by Gasteiger charge is 2.23. The maximum atomic E-state index is 12.6. The van der Waals surface area contributed by atoms with Gasteiger partial charge in [-0.3, -0.25) is 14.6 Å². The molecule has 2 amide bonds. The van der Waals surface area contributed by atoms with Crippen molar-refractivity contribution in [2.24, 2.45) is 5.92 Å². The van der Waals surface area contributed by atoms with Crippen LogP contribution in [0.3, 0.4) is 0 Å². The first-order chi connectivity index (χ1) is 14.2. The summed E-state index contributed by atoms with van der Waals surface area (Å²) >= 11 is 0. The van der Waals surface area contributed by atoms with E-state index in [1.165, 1.54) is 6.42 Å². The SMILES string of the molecule is O=C(C=Cc1cccnc1)NCCCCC1CCCN(C(=O)c2ccccc2)C1. The van der Waals surface area contributed by atoms with Crippen molar-refractivity contribution in [3.05, 3.63) is 72.1 Å². The van der Waals surface area contributed by atoms with Gasteiger partial charge in [0.1, 0.15) is 0 Å². The lowest BCUT2D eigenvalue weighted by Gasteiger charge is -2.33. The molecule has 1 fully saturated rings. The summed E-state index contributed by atoms with van der Waals surface area (Å²) in [4.78, 5) is 30.5. The first-order valence-electron chi connectivity index (χ1n) is 10.4. The maximum Gasteiger partial charge on any atom is 0.253 e. The van der Waals surface area contributed by atoms with Gasteiger partial charge in [0.15, 0.2) is 0 Å². The molecule has 1 aromatic heterocycles. The molecule has 2 heterocycles. The van der Waals surface area contributed by atoms with Crippen LogP contribution in [0, 0.1) is 5.92 Å². The van der Waals surface area contributed by atoms with Crippen molar-refractivity contribution >= 4 is 17.9 Å². The molecule has 5 nitrogen and oxygen atoms in total. The average molecular weight is 392 g/mol. The average Bonchev–Trinajstić information content (AvgIpc) is 2.78. The van der Waals surface area contributed by atoms with Gasteiger partial charge in [0.25, 0.3) is 5.91 Å². The van der Waals surface area contributed by atoms with Crippen LogP contribution in [-0.4, -0.2) is 41.3 Å². The number of hydrogen-bond donors (Lipinski definition) is 1. The Kier molecular flexibility index (Phi) is 7.99. The molecule has 0 radical (unpaired) electrons. The lowest BCUT2D eigenvalue weighted by molar-refractivity contribution is -0.116. The normalized spacial score (nSPS) is 16.7. The number of piperidine rings is 1. The fourth-order valence-corrected chi connectivity index (χ4v) is 3.72. The van der Waals surface area contributed by atoms with Crippen molar-refractivity contribution in [3.63, 3.8) is 0 Å². The predicted octanol–water partition coefficient (Wildman–Crippen LogP) is 3.93. The molecule has 2 aromatic rings. The Morgan fingerprint density at radius 2 is 2.00 bits per heavy atom. The predicted molar refractivity (Wildman–Crippen MR) is 115 cm³/mol. The number of benzene rings is 1. The molecule has 3 rings (SSSR count). The van der Waals surface area contributed by atoms with E-state index in [0.29, 0.717) is 12.5 Å². The number of carbonyl (C=O) groups excluding carboxylic acids is 2. The third-order valence-electron chi connectivity index (χ3n) is 5.28. The maximum absolute atomic E-state index is 12.6. The first kappa shape index (κ1) is 20.8. The number of amides is 2. The Morgan fingerprint density at radius 1 is 1.14 bits per heavy atom. The van der Waals surface area contributed by atoms with Crippen molar-refractivity contribution in [3.8, 4) is 0 Å². The largest absolute Gasteiger partial charge is 0.353 e. The van der Waals surface area contributed by atoms with Crippen LogP contribution in [0.4, 0.5) is 0 Å². The van der Waals surface area contributed by atoms with Gasteiger partial charge >= 0.3 is 0 Å². The Morgan fingerprint density at radius 3 is 2.79 bits per heavy atom. The van der Waals surface area contributed by atoms with Crippen LogP contribution >= 0.6 is 0 Å². The smallest absolute Gasteiger partial charge is 0.253 e. The molecule has 29 heavy (non-hydrogen) atoms. The Bertz CT molecular complexity index is 805. The van der Waals surface area contributed by atoms with E-state index in [1.807, 2.05) is 47.4 Å². The van der Waals surface area contributed by atoms with Crippen molar-refractivity contribution in [2.75, 3.05) is 19.6 Å². The van der Waals surface area contributed by atoms with Crippen LogP contribution in [0.1, 0.15) is 48.0 Å². The van der Waals surface area contributed by atoms with Gasteiger partial charge in [-0.15, -0.1) is 0 Å². The fraction of sp³-hybridized carbons (Fsp3) is 0.375. The van der Waals surface area contributed by atoms with Crippen LogP contribution in [-0.2, 0) is 4.79 Å². The van der Waals surface area contributed by atoms with E-state index in [1.54, 1.807) is 24.5 Å². The summed E-state index contributed by atoms with van der Waals surface area (Å²) in [5.74, 6) is 0.617. The lowest BCUT2D eigenvalue weighted by Crippen LogP contribution is -2.39. The zero-order chi connectivity index (χ0) is 20.3. The summed E-state index contributed by atoms with van der Waals surface area (Å²) < 4.78 is 0. The monoisotopic (exact) mass is 391 g/mol. The summed E-state index contributed by atoms with van der Waals surface area (Å²) in [5, 5.41) is 2.93. The molecule has 1 aliphatic heterocycles. The number of nitrogens with zero attached hydrogens (tertiary/aromatic N) is 2. The topological polar surface area (TPSA) is 62.3 Å². The molecule has 0 aliphatic carbocycles. The van der Waals surface area contributed by atoms with E-state index in [0.717, 1.165) is 49.9 Å². The molecule has 5 heteroatoms. The number of unbranched alkanes of at least 4 members (excludes halogenated alkanes) is 1. The van der Waals surface area contributed by atoms with Crippen molar-refractivity contribution < 1.29 is 9.59 Å². The van der Waals surface area contributed by atoms with E-state index < -0.39 is 0 Å². The number of nitrogens with one attached hydrogen (secondary N) is 1. The minimum Gasteiger partial charge on any atom is -0.353 e. The van der Waals surface area contributed by atoms with E-state index in [-0.39, 0.29) is 11.8 Å². The van der Waals surface area contributed by atoms with E-state index >= 15 is 0 Å². The van der Waals surface area contributed by atoms with Crippen LogP contribution in [0.15, 0.2) is 60.9 Å². The van der Waals surface area contributed by atoms with Gasteiger partial charge in [0, 0.05) is 43.7 Å². The third kappa shape index (κ3) is 6.86. The van der Waals surface area contributed by atoms with Crippen LogP contribution in [0.25, 0.3) is 6.08 Å². The zero-order valence-electron chi connectivity index (χ0n) is 16.8. The van der Waals surface area contributed by atoms with Crippen LogP contribution < -0.4 is 5.32 Å². The van der Waals surface area contributed by atoms with E-state index in [2.05, 4.69) is 10.3 Å². The third-order valence-corrected chi connectivity index (χ3v) is 5.28. The number of carbonyl (C=O) groups is 2. The summed E-state index contributed by atoms with van der Waals surface area (Å²) in [5.41, 5.74) is 1.68. The highest BCUT2D eigenvalue weighted by molar-refractivity contribution is 5.94. The fourth-order valence-electron chi connectivity index (χ4n) is 3.72. The van der Waals surface area contributed by atoms with Gasteiger partial charge in [0.05, 0.1) is 0 Å². The Balaban J connectivity index is 1.32. The van der Waals surface area contributed by atoms with Gasteiger partial charge in [-0.05, 0) is 61.4 Å². The number of aromatic nitrogens is 1. The number of rotatable bonds is 8. The number of pyridine rings is 1. The first-order valence-corrected chi connectivity index (χ1v) is 10.4. The van der Waals surface area contributed by atoms with Gasteiger partial charge in [-0.2, -0.15) is 0 Å². The Labute approximate surface area is 172 Å². The summed E-state index contributed by atoms with van der Waals surface area (Å²) in [6.07, 6.45) is 12.1. The van der Waals surface area contributed by atoms with Gasteiger partial charge in [-0.25, -0.2) is 0 Å². The highest BCUT2D eigenvalue weighted by Crippen LogP contribution is 2.23. The summed E-state index contributed by atoms with van der Waals surface area (Å²) in [6, 6.07) is 13.3. The quantitative estimate of drug-likeness (QED) is 0.548.